The molecule has 2 heterocycles. The molecule has 4 aromatic rings. The molecule has 0 radical (unpaired) electrons. The molecule has 2 aromatic carbocycles. The summed E-state index contributed by atoms with van der Waals surface area (Å²) in [6.07, 6.45) is -1.54. The van der Waals surface area contributed by atoms with Gasteiger partial charge in [-0.05, 0) is 40.2 Å². The summed E-state index contributed by atoms with van der Waals surface area (Å²) in [6.45, 7) is 0. The highest BCUT2D eigenvalue weighted by Gasteiger charge is 2.30. The second-order valence-corrected chi connectivity index (χ2v) is 6.55. The van der Waals surface area contributed by atoms with Gasteiger partial charge in [0.15, 0.2) is 5.75 Å². The third kappa shape index (κ3) is 3.79. The number of fused-ring (bicyclic) bond motifs is 1. The average molecular weight is 447 g/mol. The van der Waals surface area contributed by atoms with E-state index in [0.29, 0.717) is 32.6 Å². The molecule has 0 saturated heterocycles. The standard InChI is InChI=1S/C19H10BrF3N4O/c20-16-9-24-18-13(27-16)2-1-3-15(18)28-17-8-14(25-10-26-17)11-4-6-12(7-5-11)19(21,22)23/h1-10H. The SMILES string of the molecule is FC(F)(F)c1ccc(-c2cc(Oc3cccc4nc(Br)cnc34)ncn2)cc1. The maximum Gasteiger partial charge on any atom is 0.416 e. The predicted octanol–water partition coefficient (Wildman–Crippen LogP) is 5.66. The van der Waals surface area contributed by atoms with Crippen molar-refractivity contribution in [2.75, 3.05) is 0 Å². The molecule has 0 aliphatic heterocycles. The first-order chi connectivity index (χ1) is 13.4. The van der Waals surface area contributed by atoms with Crippen molar-refractivity contribution in [3.63, 3.8) is 0 Å². The Balaban J connectivity index is 1.65. The van der Waals surface area contributed by atoms with Crippen LogP contribution in [0.1, 0.15) is 5.56 Å². The minimum absolute atomic E-state index is 0.238. The Bertz CT molecular complexity index is 1150. The number of alkyl halides is 3. The number of benzene rings is 2. The zero-order valence-electron chi connectivity index (χ0n) is 14.0. The van der Waals surface area contributed by atoms with Crippen molar-refractivity contribution in [3.8, 4) is 22.9 Å². The van der Waals surface area contributed by atoms with E-state index < -0.39 is 11.7 Å². The van der Waals surface area contributed by atoms with E-state index in [1.165, 1.54) is 18.5 Å². The summed E-state index contributed by atoms with van der Waals surface area (Å²) in [6, 6.07) is 11.6. The van der Waals surface area contributed by atoms with Gasteiger partial charge in [-0.3, -0.25) is 0 Å². The highest BCUT2D eigenvalue weighted by Crippen LogP contribution is 2.32. The van der Waals surface area contributed by atoms with Crippen LogP contribution in [0.3, 0.4) is 0 Å². The third-order valence-corrected chi connectivity index (χ3v) is 4.25. The molecule has 0 saturated carbocycles. The lowest BCUT2D eigenvalue weighted by Gasteiger charge is -2.09. The van der Waals surface area contributed by atoms with Crippen LogP contribution in [0.15, 0.2) is 65.7 Å². The highest BCUT2D eigenvalue weighted by molar-refractivity contribution is 9.10. The van der Waals surface area contributed by atoms with E-state index in [2.05, 4.69) is 35.9 Å². The van der Waals surface area contributed by atoms with Crippen molar-refractivity contribution >= 4 is 27.0 Å². The van der Waals surface area contributed by atoms with Gasteiger partial charge in [-0.1, -0.05) is 18.2 Å². The van der Waals surface area contributed by atoms with Crippen molar-refractivity contribution in [1.29, 1.82) is 0 Å². The number of hydrogen-bond donors (Lipinski definition) is 0. The number of halogens is 4. The number of aromatic nitrogens is 4. The van der Waals surface area contributed by atoms with Gasteiger partial charge in [0.25, 0.3) is 0 Å². The Morgan fingerprint density at radius 1 is 0.929 bits per heavy atom. The average Bonchev–Trinajstić information content (AvgIpc) is 2.68. The zero-order valence-corrected chi connectivity index (χ0v) is 15.6. The van der Waals surface area contributed by atoms with Crippen molar-refractivity contribution in [1.82, 2.24) is 19.9 Å². The van der Waals surface area contributed by atoms with Gasteiger partial charge < -0.3 is 4.74 Å². The Morgan fingerprint density at radius 2 is 1.71 bits per heavy atom. The number of nitrogens with zero attached hydrogens (tertiary/aromatic N) is 4. The van der Waals surface area contributed by atoms with E-state index in [0.717, 1.165) is 12.1 Å². The van der Waals surface area contributed by atoms with E-state index in [-0.39, 0.29) is 5.88 Å². The molecule has 0 bridgehead atoms. The Kier molecular flexibility index (Phi) is 4.68. The number of rotatable bonds is 3. The van der Waals surface area contributed by atoms with Crippen LogP contribution in [0.2, 0.25) is 0 Å². The second kappa shape index (κ2) is 7.16. The van der Waals surface area contributed by atoms with Crippen LogP contribution < -0.4 is 4.74 Å². The first kappa shape index (κ1) is 18.3. The number of para-hydroxylation sites is 1. The molecule has 5 nitrogen and oxygen atoms in total. The smallest absolute Gasteiger partial charge is 0.416 e. The van der Waals surface area contributed by atoms with Gasteiger partial charge in [0.05, 0.1) is 23.0 Å². The van der Waals surface area contributed by atoms with Crippen LogP contribution in [-0.2, 0) is 6.18 Å². The van der Waals surface area contributed by atoms with Crippen LogP contribution in [0.5, 0.6) is 11.6 Å². The molecule has 0 spiro atoms. The van der Waals surface area contributed by atoms with Gasteiger partial charge in [-0.25, -0.2) is 19.9 Å². The van der Waals surface area contributed by atoms with E-state index in [4.69, 9.17) is 4.74 Å². The van der Waals surface area contributed by atoms with Gasteiger partial charge in [0, 0.05) is 11.6 Å². The van der Waals surface area contributed by atoms with Gasteiger partial charge in [-0.2, -0.15) is 13.2 Å². The maximum absolute atomic E-state index is 12.7. The molecule has 0 N–H and O–H groups in total. The van der Waals surface area contributed by atoms with Crippen LogP contribution in [0.4, 0.5) is 13.2 Å². The van der Waals surface area contributed by atoms with Crippen molar-refractivity contribution < 1.29 is 17.9 Å². The predicted molar refractivity (Wildman–Crippen MR) is 99.8 cm³/mol. The van der Waals surface area contributed by atoms with Gasteiger partial charge in [-0.15, -0.1) is 0 Å². The molecule has 2 aromatic heterocycles. The topological polar surface area (TPSA) is 60.8 Å². The summed E-state index contributed by atoms with van der Waals surface area (Å²) in [4.78, 5) is 16.8. The largest absolute Gasteiger partial charge is 0.437 e. The van der Waals surface area contributed by atoms with Gasteiger partial charge >= 0.3 is 6.18 Å². The molecular weight excluding hydrogens is 437 g/mol. The van der Waals surface area contributed by atoms with E-state index in [1.807, 2.05) is 0 Å². The third-order valence-electron chi connectivity index (χ3n) is 3.87. The van der Waals surface area contributed by atoms with Crippen molar-refractivity contribution in [2.24, 2.45) is 0 Å². The maximum atomic E-state index is 12.7. The Morgan fingerprint density at radius 3 is 2.46 bits per heavy atom. The number of hydrogen-bond acceptors (Lipinski definition) is 5. The minimum Gasteiger partial charge on any atom is -0.437 e. The van der Waals surface area contributed by atoms with E-state index in [9.17, 15) is 13.2 Å². The molecule has 0 unspecified atom stereocenters. The minimum atomic E-state index is -4.39. The van der Waals surface area contributed by atoms with Crippen LogP contribution >= 0.6 is 15.9 Å². The van der Waals surface area contributed by atoms with Crippen molar-refractivity contribution in [3.05, 3.63) is 71.2 Å². The van der Waals surface area contributed by atoms with Crippen LogP contribution in [0.25, 0.3) is 22.3 Å². The summed E-state index contributed by atoms with van der Waals surface area (Å²) < 4.78 is 44.6. The number of ether oxygens (including phenoxy) is 1. The second-order valence-electron chi connectivity index (χ2n) is 5.74. The first-order valence-electron chi connectivity index (χ1n) is 7.99. The molecular formula is C19H10BrF3N4O. The normalized spacial score (nSPS) is 11.6. The highest BCUT2D eigenvalue weighted by atomic mass is 79.9. The molecule has 9 heteroatoms. The monoisotopic (exact) mass is 446 g/mol. The molecule has 0 fully saturated rings. The summed E-state index contributed by atoms with van der Waals surface area (Å²) in [5.41, 5.74) is 1.43. The van der Waals surface area contributed by atoms with Crippen LogP contribution in [0, 0.1) is 0 Å². The van der Waals surface area contributed by atoms with E-state index in [1.54, 1.807) is 30.5 Å². The van der Waals surface area contributed by atoms with Gasteiger partial charge in [0.1, 0.15) is 16.4 Å². The lowest BCUT2D eigenvalue weighted by atomic mass is 10.1. The fourth-order valence-electron chi connectivity index (χ4n) is 2.57. The molecule has 0 aliphatic carbocycles. The summed E-state index contributed by atoms with van der Waals surface area (Å²) >= 11 is 3.27. The molecule has 140 valence electrons. The zero-order chi connectivity index (χ0) is 19.7. The van der Waals surface area contributed by atoms with E-state index >= 15 is 0 Å². The quantitative estimate of drug-likeness (QED) is 0.406. The Labute approximate surface area is 165 Å². The first-order valence-corrected chi connectivity index (χ1v) is 8.78. The molecule has 0 aliphatic rings. The summed E-state index contributed by atoms with van der Waals surface area (Å²) in [5.74, 6) is 0.691. The lowest BCUT2D eigenvalue weighted by Crippen LogP contribution is -2.04. The van der Waals surface area contributed by atoms with Gasteiger partial charge in [0.2, 0.25) is 5.88 Å². The lowest BCUT2D eigenvalue weighted by molar-refractivity contribution is -0.137. The fourth-order valence-corrected chi connectivity index (χ4v) is 2.86. The molecule has 0 atom stereocenters. The van der Waals surface area contributed by atoms with Crippen molar-refractivity contribution in [2.45, 2.75) is 6.18 Å². The molecule has 28 heavy (non-hydrogen) atoms. The fraction of sp³-hybridized carbons (Fsp3) is 0.0526. The molecule has 0 amide bonds. The Hall–Kier alpha value is -3.07. The summed E-state index contributed by atoms with van der Waals surface area (Å²) in [7, 11) is 0. The summed E-state index contributed by atoms with van der Waals surface area (Å²) in [5, 5.41) is 0. The van der Waals surface area contributed by atoms with Crippen LogP contribution in [-0.4, -0.2) is 19.9 Å². The molecule has 4 rings (SSSR count).